The Morgan fingerprint density at radius 1 is 0.839 bits per heavy atom. The number of anilines is 3. The van der Waals surface area contributed by atoms with Gasteiger partial charge in [0, 0.05) is 34.6 Å². The summed E-state index contributed by atoms with van der Waals surface area (Å²) in [7, 11) is 0. The lowest BCUT2D eigenvalue weighted by Gasteiger charge is -2.10. The van der Waals surface area contributed by atoms with E-state index in [1.807, 2.05) is 37.3 Å². The van der Waals surface area contributed by atoms with Gasteiger partial charge in [-0.1, -0.05) is 29.8 Å². The van der Waals surface area contributed by atoms with E-state index < -0.39 is 17.5 Å². The zero-order chi connectivity index (χ0) is 21.8. The monoisotopic (exact) mass is 416 g/mol. The van der Waals surface area contributed by atoms with E-state index >= 15 is 0 Å². The molecule has 0 fully saturated rings. The van der Waals surface area contributed by atoms with Crippen molar-refractivity contribution in [3.05, 3.63) is 102 Å². The summed E-state index contributed by atoms with van der Waals surface area (Å²) in [6.07, 6.45) is 1.47. The molecule has 7 heteroatoms. The lowest BCUT2D eigenvalue weighted by molar-refractivity contribution is 0.102. The van der Waals surface area contributed by atoms with E-state index in [1.165, 1.54) is 6.33 Å². The molecule has 1 amide bonds. The molecule has 0 atom stereocenters. The van der Waals surface area contributed by atoms with Crippen LogP contribution in [0.1, 0.15) is 15.9 Å². The summed E-state index contributed by atoms with van der Waals surface area (Å²) >= 11 is 0. The van der Waals surface area contributed by atoms with Crippen LogP contribution in [0.4, 0.5) is 26.0 Å². The fourth-order valence-corrected chi connectivity index (χ4v) is 3.10. The quantitative estimate of drug-likeness (QED) is 0.436. The fraction of sp³-hybridized carbons (Fsp3) is 0.0417. The molecule has 2 N–H and O–H groups in total. The molecule has 0 bridgehead atoms. The lowest BCUT2D eigenvalue weighted by Crippen LogP contribution is -2.12. The third-order valence-corrected chi connectivity index (χ3v) is 4.50. The summed E-state index contributed by atoms with van der Waals surface area (Å²) in [5, 5.41) is 5.65. The van der Waals surface area contributed by atoms with E-state index in [2.05, 4.69) is 20.6 Å². The van der Waals surface area contributed by atoms with Gasteiger partial charge in [0.05, 0.1) is 5.69 Å². The number of amides is 1. The normalized spacial score (nSPS) is 10.5. The maximum absolute atomic E-state index is 13.4. The first-order valence-corrected chi connectivity index (χ1v) is 9.50. The largest absolute Gasteiger partial charge is 0.340 e. The number of aryl methyl sites for hydroxylation is 1. The summed E-state index contributed by atoms with van der Waals surface area (Å²) in [4.78, 5) is 21.1. The number of benzene rings is 3. The van der Waals surface area contributed by atoms with Crippen molar-refractivity contribution in [3.8, 4) is 11.3 Å². The highest BCUT2D eigenvalue weighted by atomic mass is 19.1. The first-order valence-electron chi connectivity index (χ1n) is 9.50. The van der Waals surface area contributed by atoms with E-state index in [0.29, 0.717) is 17.1 Å². The molecule has 3 aromatic carbocycles. The van der Waals surface area contributed by atoms with Crippen LogP contribution in [0.2, 0.25) is 0 Å². The molecule has 154 valence electrons. The summed E-state index contributed by atoms with van der Waals surface area (Å²) in [5.41, 5.74) is 3.86. The number of halogens is 2. The molecule has 4 rings (SSSR count). The van der Waals surface area contributed by atoms with Crippen LogP contribution in [0.25, 0.3) is 11.3 Å². The fourth-order valence-electron chi connectivity index (χ4n) is 3.10. The Balaban J connectivity index is 1.52. The molecule has 0 radical (unpaired) electrons. The number of aromatic nitrogens is 2. The standard InChI is InChI=1S/C24H18F2N4O/c1-15-4-2-5-16(8-15)22-13-23(28-14-27-22)29-20-7-3-6-17(9-20)24(31)30-21-11-18(25)10-19(26)12-21/h2-14H,1H3,(H,30,31)(H,27,28,29). The van der Waals surface area contributed by atoms with Crippen LogP contribution in [0.3, 0.4) is 0 Å². The van der Waals surface area contributed by atoms with Crippen molar-refractivity contribution in [2.75, 3.05) is 10.6 Å². The smallest absolute Gasteiger partial charge is 0.255 e. The van der Waals surface area contributed by atoms with Crippen LogP contribution in [0.15, 0.2) is 79.1 Å². The molecular weight excluding hydrogens is 398 g/mol. The summed E-state index contributed by atoms with van der Waals surface area (Å²) in [5.74, 6) is -1.45. The van der Waals surface area contributed by atoms with E-state index in [1.54, 1.807) is 24.3 Å². The van der Waals surface area contributed by atoms with Crippen LogP contribution in [-0.4, -0.2) is 15.9 Å². The summed E-state index contributed by atoms with van der Waals surface area (Å²) in [6, 6.07) is 19.4. The molecule has 0 saturated carbocycles. The van der Waals surface area contributed by atoms with Crippen LogP contribution in [0, 0.1) is 18.6 Å². The summed E-state index contributed by atoms with van der Waals surface area (Å²) < 4.78 is 26.7. The van der Waals surface area contributed by atoms with Crippen molar-refractivity contribution in [2.24, 2.45) is 0 Å². The SMILES string of the molecule is Cc1cccc(-c2cc(Nc3cccc(C(=O)Nc4cc(F)cc(F)c4)c3)ncn2)c1. The Labute approximate surface area is 177 Å². The topological polar surface area (TPSA) is 66.9 Å². The lowest BCUT2D eigenvalue weighted by atomic mass is 10.1. The molecule has 5 nitrogen and oxygen atoms in total. The van der Waals surface area contributed by atoms with Gasteiger partial charge in [0.15, 0.2) is 0 Å². The zero-order valence-electron chi connectivity index (χ0n) is 16.6. The van der Waals surface area contributed by atoms with Crippen LogP contribution < -0.4 is 10.6 Å². The Morgan fingerprint density at radius 2 is 1.61 bits per heavy atom. The van der Waals surface area contributed by atoms with E-state index in [4.69, 9.17) is 0 Å². The summed E-state index contributed by atoms with van der Waals surface area (Å²) in [6.45, 7) is 2.01. The van der Waals surface area contributed by atoms with E-state index in [9.17, 15) is 13.6 Å². The molecule has 0 saturated heterocycles. The average Bonchev–Trinajstić information content (AvgIpc) is 2.73. The van der Waals surface area contributed by atoms with Gasteiger partial charge >= 0.3 is 0 Å². The first-order chi connectivity index (χ1) is 15.0. The van der Waals surface area contributed by atoms with Gasteiger partial charge in [-0.05, 0) is 43.3 Å². The third kappa shape index (κ3) is 5.08. The van der Waals surface area contributed by atoms with Gasteiger partial charge in [-0.2, -0.15) is 0 Å². The van der Waals surface area contributed by atoms with Gasteiger partial charge in [-0.3, -0.25) is 4.79 Å². The van der Waals surface area contributed by atoms with Crippen molar-refractivity contribution in [1.82, 2.24) is 9.97 Å². The highest BCUT2D eigenvalue weighted by Gasteiger charge is 2.10. The van der Waals surface area contributed by atoms with Crippen LogP contribution in [0.5, 0.6) is 0 Å². The van der Waals surface area contributed by atoms with Crippen molar-refractivity contribution >= 4 is 23.1 Å². The number of rotatable bonds is 5. The Morgan fingerprint density at radius 3 is 2.39 bits per heavy atom. The van der Waals surface area contributed by atoms with Gasteiger partial charge in [0.1, 0.15) is 23.8 Å². The number of nitrogens with one attached hydrogen (secondary N) is 2. The minimum absolute atomic E-state index is 0.0412. The highest BCUT2D eigenvalue weighted by Crippen LogP contribution is 2.23. The van der Waals surface area contributed by atoms with Gasteiger partial charge in [-0.15, -0.1) is 0 Å². The van der Waals surface area contributed by atoms with Crippen molar-refractivity contribution in [3.63, 3.8) is 0 Å². The van der Waals surface area contributed by atoms with E-state index in [-0.39, 0.29) is 5.69 Å². The molecule has 1 heterocycles. The molecular formula is C24H18F2N4O. The van der Waals surface area contributed by atoms with Crippen molar-refractivity contribution < 1.29 is 13.6 Å². The average molecular weight is 416 g/mol. The molecule has 1 aromatic heterocycles. The number of carbonyl (C=O) groups is 1. The molecule has 0 aliphatic rings. The number of nitrogens with zero attached hydrogens (tertiary/aromatic N) is 2. The van der Waals surface area contributed by atoms with Crippen molar-refractivity contribution in [2.45, 2.75) is 6.92 Å². The van der Waals surface area contributed by atoms with Gasteiger partial charge in [0.25, 0.3) is 5.91 Å². The number of carbonyl (C=O) groups excluding carboxylic acids is 1. The van der Waals surface area contributed by atoms with Gasteiger partial charge in [0.2, 0.25) is 0 Å². The second-order valence-electron chi connectivity index (χ2n) is 6.98. The maximum Gasteiger partial charge on any atom is 0.255 e. The second-order valence-corrected chi connectivity index (χ2v) is 6.98. The second kappa shape index (κ2) is 8.71. The van der Waals surface area contributed by atoms with Crippen molar-refractivity contribution in [1.29, 1.82) is 0 Å². The Bertz CT molecular complexity index is 1240. The van der Waals surface area contributed by atoms with E-state index in [0.717, 1.165) is 35.0 Å². The molecule has 0 spiro atoms. The minimum atomic E-state index is -0.765. The Hall–Kier alpha value is -4.13. The zero-order valence-corrected chi connectivity index (χ0v) is 16.6. The molecule has 31 heavy (non-hydrogen) atoms. The van der Waals surface area contributed by atoms with Gasteiger partial charge in [-0.25, -0.2) is 18.7 Å². The van der Waals surface area contributed by atoms with Gasteiger partial charge < -0.3 is 10.6 Å². The number of hydrogen-bond donors (Lipinski definition) is 2. The highest BCUT2D eigenvalue weighted by molar-refractivity contribution is 6.04. The predicted molar refractivity (Wildman–Crippen MR) is 116 cm³/mol. The molecule has 4 aromatic rings. The Kier molecular flexibility index (Phi) is 5.66. The van der Waals surface area contributed by atoms with Crippen LogP contribution >= 0.6 is 0 Å². The predicted octanol–water partition coefficient (Wildman–Crippen LogP) is 5.73. The molecule has 0 aliphatic heterocycles. The molecule has 0 aliphatic carbocycles. The number of hydrogen-bond acceptors (Lipinski definition) is 4. The maximum atomic E-state index is 13.4. The molecule has 0 unspecified atom stereocenters. The third-order valence-electron chi connectivity index (χ3n) is 4.50. The van der Waals surface area contributed by atoms with Crippen LogP contribution in [-0.2, 0) is 0 Å². The minimum Gasteiger partial charge on any atom is -0.340 e. The first kappa shape index (κ1) is 20.2.